The van der Waals surface area contributed by atoms with Gasteiger partial charge in [-0.15, -0.1) is 0 Å². The molecule has 4 atom stereocenters. The zero-order valence-corrected chi connectivity index (χ0v) is 12.2. The molecule has 0 radical (unpaired) electrons. The summed E-state index contributed by atoms with van der Waals surface area (Å²) in [5.74, 6) is 0.976. The van der Waals surface area contributed by atoms with Gasteiger partial charge in [0, 0.05) is 11.8 Å². The molecule has 0 aromatic carbocycles. The van der Waals surface area contributed by atoms with E-state index in [4.69, 9.17) is 9.05 Å². The van der Waals surface area contributed by atoms with Crippen molar-refractivity contribution >= 4 is 7.60 Å². The van der Waals surface area contributed by atoms with E-state index in [1.807, 2.05) is 18.9 Å². The van der Waals surface area contributed by atoms with Crippen molar-refractivity contribution in [1.82, 2.24) is 5.01 Å². The Hall–Kier alpha value is -0.710. The van der Waals surface area contributed by atoms with Crippen molar-refractivity contribution in [2.75, 3.05) is 19.5 Å². The summed E-state index contributed by atoms with van der Waals surface area (Å²) in [5.41, 5.74) is 0. The minimum atomic E-state index is -3.09. The molecule has 2 aliphatic carbocycles. The molecule has 19 heavy (non-hydrogen) atoms. The average Bonchev–Trinajstić information content (AvgIpc) is 3.02. The van der Waals surface area contributed by atoms with Crippen LogP contribution < -0.4 is 0 Å². The number of hydrogen-bond acceptors (Lipinski definition) is 6. The maximum absolute atomic E-state index is 12.6. The van der Waals surface area contributed by atoms with Gasteiger partial charge >= 0.3 is 7.60 Å². The van der Waals surface area contributed by atoms with E-state index in [0.717, 1.165) is 6.42 Å². The Morgan fingerprint density at radius 1 is 1.26 bits per heavy atom. The first-order valence-electron chi connectivity index (χ1n) is 6.90. The molecule has 0 saturated heterocycles. The minimum absolute atomic E-state index is 0.205. The second-order valence-corrected chi connectivity index (χ2v) is 7.18. The normalized spacial score (nSPS) is 35.4. The van der Waals surface area contributed by atoms with Gasteiger partial charge in [0.05, 0.1) is 19.3 Å². The maximum atomic E-state index is 12.6. The summed E-state index contributed by atoms with van der Waals surface area (Å²) >= 11 is 0. The first-order valence-corrected chi connectivity index (χ1v) is 8.63. The van der Waals surface area contributed by atoms with Crippen LogP contribution in [0.3, 0.4) is 0 Å². The van der Waals surface area contributed by atoms with E-state index in [1.165, 1.54) is 0 Å². The molecule has 106 valence electrons. The predicted molar refractivity (Wildman–Crippen MR) is 70.7 cm³/mol. The van der Waals surface area contributed by atoms with Crippen LogP contribution in [0.4, 0.5) is 0 Å². The molecule has 0 aromatic heterocycles. The molecule has 0 aromatic rings. The third-order valence-corrected chi connectivity index (χ3v) is 5.93. The fourth-order valence-electron chi connectivity index (χ4n) is 3.32. The van der Waals surface area contributed by atoms with E-state index >= 15 is 0 Å². The fraction of sp³-hybridized carbons (Fsp3) is 0.833. The van der Waals surface area contributed by atoms with Crippen LogP contribution in [0.25, 0.3) is 0 Å². The van der Waals surface area contributed by atoms with Crippen LogP contribution in [-0.4, -0.2) is 36.6 Å². The van der Waals surface area contributed by atoms with E-state index < -0.39 is 7.60 Å². The topological polar surface area (TPSA) is 63.5 Å². The zero-order chi connectivity index (χ0) is 13.5. The second kappa shape index (κ2) is 5.00. The molecule has 3 aliphatic rings. The summed E-state index contributed by atoms with van der Waals surface area (Å²) in [6, 6.07) is 0.468. The van der Waals surface area contributed by atoms with E-state index in [0.29, 0.717) is 25.0 Å². The third kappa shape index (κ3) is 2.26. The standard InChI is InChI=1S/C12H20N3O3P/c1-3-17-19(16,18-4-2)8-15-12-10-6-5-9(7-10)11(12)13-14-15/h5-6,9-12H,3-4,7-8H2,1-2H3/t9-,10+,11?,12?/m1/s1. The number of nitrogens with zero attached hydrogens (tertiary/aromatic N) is 3. The number of rotatable bonds is 6. The zero-order valence-electron chi connectivity index (χ0n) is 11.3. The lowest BCUT2D eigenvalue weighted by molar-refractivity contribution is 0.174. The summed E-state index contributed by atoms with van der Waals surface area (Å²) in [6.45, 7) is 4.39. The highest BCUT2D eigenvalue weighted by atomic mass is 31.2. The van der Waals surface area contributed by atoms with Gasteiger partial charge in [0.1, 0.15) is 12.3 Å². The van der Waals surface area contributed by atoms with Gasteiger partial charge in [-0.25, -0.2) is 0 Å². The monoisotopic (exact) mass is 285 g/mol. The van der Waals surface area contributed by atoms with Crippen molar-refractivity contribution in [1.29, 1.82) is 0 Å². The van der Waals surface area contributed by atoms with Crippen molar-refractivity contribution in [2.24, 2.45) is 22.2 Å². The van der Waals surface area contributed by atoms with E-state index in [9.17, 15) is 4.57 Å². The van der Waals surface area contributed by atoms with E-state index in [2.05, 4.69) is 22.5 Å². The lowest BCUT2D eigenvalue weighted by atomic mass is 9.97. The van der Waals surface area contributed by atoms with E-state index in [-0.39, 0.29) is 18.4 Å². The molecule has 1 heterocycles. The van der Waals surface area contributed by atoms with Gasteiger partial charge in [-0.1, -0.05) is 17.4 Å². The summed E-state index contributed by atoms with van der Waals surface area (Å²) in [7, 11) is -3.09. The van der Waals surface area contributed by atoms with Gasteiger partial charge in [-0.2, -0.15) is 5.11 Å². The minimum Gasteiger partial charge on any atom is -0.308 e. The lowest BCUT2D eigenvalue weighted by Gasteiger charge is -2.29. The molecular weight excluding hydrogens is 265 g/mol. The molecule has 2 bridgehead atoms. The average molecular weight is 285 g/mol. The molecule has 6 nitrogen and oxygen atoms in total. The quantitative estimate of drug-likeness (QED) is 0.556. The molecule has 1 fully saturated rings. The summed E-state index contributed by atoms with van der Waals surface area (Å²) in [5, 5.41) is 10.4. The van der Waals surface area contributed by atoms with Gasteiger partial charge in [-0.3, -0.25) is 9.57 Å². The van der Waals surface area contributed by atoms with Crippen LogP contribution in [0, 0.1) is 11.8 Å². The highest BCUT2D eigenvalue weighted by molar-refractivity contribution is 7.53. The Balaban J connectivity index is 1.71. The molecular formula is C12H20N3O3P. The fourth-order valence-corrected chi connectivity index (χ4v) is 4.94. The molecule has 7 heteroatoms. The Morgan fingerprint density at radius 3 is 2.63 bits per heavy atom. The van der Waals surface area contributed by atoms with Crippen LogP contribution in [-0.2, 0) is 13.6 Å². The van der Waals surface area contributed by atoms with Gasteiger partial charge in [-0.05, 0) is 20.3 Å². The third-order valence-electron chi connectivity index (χ3n) is 3.99. The number of fused-ring (bicyclic) bond motifs is 5. The number of hydrogen-bond donors (Lipinski definition) is 0. The van der Waals surface area contributed by atoms with Gasteiger partial charge < -0.3 is 9.05 Å². The van der Waals surface area contributed by atoms with Crippen molar-refractivity contribution in [3.63, 3.8) is 0 Å². The maximum Gasteiger partial charge on any atom is 0.351 e. The van der Waals surface area contributed by atoms with Crippen molar-refractivity contribution in [2.45, 2.75) is 32.4 Å². The molecule has 1 aliphatic heterocycles. The van der Waals surface area contributed by atoms with Crippen LogP contribution in [0.2, 0.25) is 0 Å². The van der Waals surface area contributed by atoms with Crippen molar-refractivity contribution in [3.05, 3.63) is 12.2 Å². The summed E-state index contributed by atoms with van der Waals surface area (Å²) < 4.78 is 23.2. The van der Waals surface area contributed by atoms with Gasteiger partial charge in [0.25, 0.3) is 0 Å². The Labute approximate surface area is 113 Å². The Bertz CT molecular complexity index is 444. The first kappa shape index (κ1) is 13.3. The largest absolute Gasteiger partial charge is 0.351 e. The highest BCUT2D eigenvalue weighted by Crippen LogP contribution is 2.53. The summed E-state index contributed by atoms with van der Waals surface area (Å²) in [6.07, 6.45) is 5.81. The molecule has 3 rings (SSSR count). The van der Waals surface area contributed by atoms with E-state index in [1.54, 1.807) is 0 Å². The first-order chi connectivity index (χ1) is 9.17. The Morgan fingerprint density at radius 2 is 1.95 bits per heavy atom. The van der Waals surface area contributed by atoms with Crippen LogP contribution in [0.5, 0.6) is 0 Å². The molecule has 0 spiro atoms. The van der Waals surface area contributed by atoms with Crippen LogP contribution in [0.1, 0.15) is 20.3 Å². The van der Waals surface area contributed by atoms with Crippen molar-refractivity contribution in [3.8, 4) is 0 Å². The van der Waals surface area contributed by atoms with Crippen LogP contribution >= 0.6 is 7.60 Å². The molecule has 0 amide bonds. The molecule has 0 N–H and O–H groups in total. The summed E-state index contributed by atoms with van der Waals surface area (Å²) in [4.78, 5) is 0. The SMILES string of the molecule is CCOP(=O)(CN1N=NC2C1[C@H]1C=C[C@@H]2C1)OCC. The lowest BCUT2D eigenvalue weighted by Crippen LogP contribution is -2.38. The molecule has 2 unspecified atom stereocenters. The molecule has 1 saturated carbocycles. The van der Waals surface area contributed by atoms with Crippen molar-refractivity contribution < 1.29 is 13.6 Å². The second-order valence-electron chi connectivity index (χ2n) is 5.16. The smallest absolute Gasteiger partial charge is 0.308 e. The highest BCUT2D eigenvalue weighted by Gasteiger charge is 2.52. The van der Waals surface area contributed by atoms with Gasteiger partial charge in [0.2, 0.25) is 0 Å². The predicted octanol–water partition coefficient (Wildman–Crippen LogP) is 2.84. The van der Waals surface area contributed by atoms with Gasteiger partial charge in [0.15, 0.2) is 0 Å². The Kier molecular flexibility index (Phi) is 3.50. The van der Waals surface area contributed by atoms with Crippen LogP contribution in [0.15, 0.2) is 22.5 Å².